The van der Waals surface area contributed by atoms with Gasteiger partial charge in [-0.05, 0) is 37.1 Å². The van der Waals surface area contributed by atoms with Crippen molar-refractivity contribution in [3.8, 4) is 11.5 Å². The van der Waals surface area contributed by atoms with Crippen molar-refractivity contribution in [3.63, 3.8) is 0 Å². The fraction of sp³-hybridized carbons (Fsp3) is 0.348. The minimum atomic E-state index is -3.78. The fourth-order valence-corrected chi connectivity index (χ4v) is 6.69. The van der Waals surface area contributed by atoms with Gasteiger partial charge in [0.15, 0.2) is 16.3 Å². The molecule has 0 radical (unpaired) electrons. The minimum Gasteiger partial charge on any atom is -0.468 e. The molecule has 3 aromatic rings. The summed E-state index contributed by atoms with van der Waals surface area (Å²) in [4.78, 5) is 29.8. The van der Waals surface area contributed by atoms with Crippen LogP contribution in [0.25, 0.3) is 10.2 Å². The van der Waals surface area contributed by atoms with Crippen LogP contribution in [0.3, 0.4) is 0 Å². The Kier molecular flexibility index (Phi) is 6.53. The van der Waals surface area contributed by atoms with E-state index in [-0.39, 0.29) is 37.2 Å². The van der Waals surface area contributed by atoms with Crippen molar-refractivity contribution in [2.45, 2.75) is 24.3 Å². The number of ether oxygens (including phenoxy) is 3. The summed E-state index contributed by atoms with van der Waals surface area (Å²) in [5, 5.41) is 0. The molecule has 36 heavy (non-hydrogen) atoms. The first kappa shape index (κ1) is 24.4. The second-order valence-electron chi connectivity index (χ2n) is 8.30. The Morgan fingerprint density at radius 2 is 1.81 bits per heavy atom. The standard InChI is InChI=1S/C23H22FN3O7S2/c1-32-21(28)12-27-17-10-18-19(34-13-33-18)11-20(17)35-23(27)25-22(29)14-6-8-26(9-7-14)36(30,31)16-4-2-15(24)3-5-16/h2-5,10-11,14H,6-9,12-13H2,1H3. The van der Waals surface area contributed by atoms with Gasteiger partial charge in [-0.15, -0.1) is 0 Å². The zero-order valence-electron chi connectivity index (χ0n) is 19.2. The van der Waals surface area contributed by atoms with E-state index in [4.69, 9.17) is 14.2 Å². The number of carbonyl (C=O) groups is 2. The number of thiazole rings is 1. The zero-order valence-corrected chi connectivity index (χ0v) is 20.8. The fourth-order valence-electron chi connectivity index (χ4n) is 4.18. The molecule has 1 amide bonds. The molecule has 13 heteroatoms. The maximum Gasteiger partial charge on any atom is 0.325 e. The Balaban J connectivity index is 1.38. The van der Waals surface area contributed by atoms with Crippen molar-refractivity contribution < 1.29 is 36.6 Å². The lowest BCUT2D eigenvalue weighted by Gasteiger charge is -2.29. The number of fused-ring (bicyclic) bond motifs is 2. The highest BCUT2D eigenvalue weighted by molar-refractivity contribution is 7.89. The molecule has 0 bridgehead atoms. The highest BCUT2D eigenvalue weighted by atomic mass is 32.2. The number of rotatable bonds is 5. The molecule has 1 fully saturated rings. The first-order valence-electron chi connectivity index (χ1n) is 11.1. The average Bonchev–Trinajstić information content (AvgIpc) is 3.46. The smallest absolute Gasteiger partial charge is 0.325 e. The lowest BCUT2D eigenvalue weighted by Crippen LogP contribution is -2.40. The van der Waals surface area contributed by atoms with E-state index in [1.807, 2.05) is 0 Å². The van der Waals surface area contributed by atoms with Crippen molar-refractivity contribution >= 4 is 43.5 Å². The summed E-state index contributed by atoms with van der Waals surface area (Å²) in [5.74, 6) is -0.777. The quantitative estimate of drug-likeness (QED) is 0.460. The molecule has 0 N–H and O–H groups in total. The van der Waals surface area contributed by atoms with E-state index in [0.717, 1.165) is 16.8 Å². The molecule has 0 spiro atoms. The molecular weight excluding hydrogens is 513 g/mol. The average molecular weight is 536 g/mol. The van der Waals surface area contributed by atoms with Gasteiger partial charge in [0.05, 0.1) is 22.2 Å². The van der Waals surface area contributed by atoms with Crippen LogP contribution in [0.5, 0.6) is 11.5 Å². The first-order chi connectivity index (χ1) is 17.3. The molecule has 1 aromatic heterocycles. The molecule has 5 rings (SSSR count). The van der Waals surface area contributed by atoms with Crippen LogP contribution in [-0.2, 0) is 30.9 Å². The van der Waals surface area contributed by atoms with Crippen LogP contribution in [-0.4, -0.2) is 56.2 Å². The topological polar surface area (TPSA) is 116 Å². The lowest BCUT2D eigenvalue weighted by atomic mass is 9.98. The van der Waals surface area contributed by atoms with Crippen LogP contribution in [0.4, 0.5) is 4.39 Å². The predicted octanol–water partition coefficient (Wildman–Crippen LogP) is 2.27. The van der Waals surface area contributed by atoms with Gasteiger partial charge in [0.1, 0.15) is 12.4 Å². The summed E-state index contributed by atoms with van der Waals surface area (Å²) in [6, 6.07) is 8.17. The number of methoxy groups -OCH3 is 1. The van der Waals surface area contributed by atoms with Crippen LogP contribution >= 0.6 is 11.3 Å². The number of halogens is 1. The highest BCUT2D eigenvalue weighted by Crippen LogP contribution is 2.37. The number of sulfonamides is 1. The number of hydrogen-bond acceptors (Lipinski definition) is 8. The van der Waals surface area contributed by atoms with E-state index in [0.29, 0.717) is 34.7 Å². The Labute approximate surface area is 209 Å². The summed E-state index contributed by atoms with van der Waals surface area (Å²) in [5.41, 5.74) is 0.654. The summed E-state index contributed by atoms with van der Waals surface area (Å²) < 4.78 is 58.2. The zero-order chi connectivity index (χ0) is 25.4. The second kappa shape index (κ2) is 9.64. The SMILES string of the molecule is COC(=O)Cn1c(=NC(=O)C2CCN(S(=O)(=O)c3ccc(F)cc3)CC2)sc2cc3c(cc21)OCO3. The van der Waals surface area contributed by atoms with E-state index in [1.54, 1.807) is 16.7 Å². The molecule has 0 aliphatic carbocycles. The molecular formula is C23H22FN3O7S2. The van der Waals surface area contributed by atoms with Gasteiger partial charge in [0.2, 0.25) is 16.8 Å². The molecule has 0 atom stereocenters. The van der Waals surface area contributed by atoms with Crippen LogP contribution < -0.4 is 14.3 Å². The van der Waals surface area contributed by atoms with Gasteiger partial charge >= 0.3 is 5.97 Å². The Morgan fingerprint density at radius 1 is 1.14 bits per heavy atom. The monoisotopic (exact) mass is 535 g/mol. The van der Waals surface area contributed by atoms with Crippen LogP contribution in [0.15, 0.2) is 46.3 Å². The molecule has 190 valence electrons. The van der Waals surface area contributed by atoms with Crippen LogP contribution in [0.1, 0.15) is 12.8 Å². The van der Waals surface area contributed by atoms with Crippen LogP contribution in [0.2, 0.25) is 0 Å². The summed E-state index contributed by atoms with van der Waals surface area (Å²) >= 11 is 1.23. The van der Waals surface area contributed by atoms with E-state index in [1.165, 1.54) is 34.9 Å². The third-order valence-corrected chi connectivity index (χ3v) is 9.11. The Hall–Kier alpha value is -3.29. The second-order valence-corrected chi connectivity index (χ2v) is 11.2. The van der Waals surface area contributed by atoms with Gasteiger partial charge in [0, 0.05) is 31.1 Å². The number of benzene rings is 2. The third-order valence-electron chi connectivity index (χ3n) is 6.15. The Bertz CT molecular complexity index is 1500. The largest absolute Gasteiger partial charge is 0.468 e. The molecule has 3 heterocycles. The predicted molar refractivity (Wildman–Crippen MR) is 126 cm³/mol. The molecule has 0 unspecified atom stereocenters. The van der Waals surface area contributed by atoms with Crippen molar-refractivity contribution in [2.24, 2.45) is 10.9 Å². The van der Waals surface area contributed by atoms with Gasteiger partial charge in [-0.25, -0.2) is 12.8 Å². The lowest BCUT2D eigenvalue weighted by molar-refractivity contribution is -0.141. The summed E-state index contributed by atoms with van der Waals surface area (Å²) in [7, 11) is -2.51. The van der Waals surface area contributed by atoms with E-state index < -0.39 is 27.7 Å². The molecule has 0 saturated carbocycles. The number of piperidine rings is 1. The molecule has 2 aromatic carbocycles. The highest BCUT2D eigenvalue weighted by Gasteiger charge is 2.32. The summed E-state index contributed by atoms with van der Waals surface area (Å²) in [6.07, 6.45) is 0.585. The number of nitrogens with zero attached hydrogens (tertiary/aromatic N) is 3. The van der Waals surface area contributed by atoms with Gasteiger partial charge in [-0.1, -0.05) is 11.3 Å². The van der Waals surface area contributed by atoms with Crippen LogP contribution in [0, 0.1) is 11.7 Å². The van der Waals surface area contributed by atoms with E-state index >= 15 is 0 Å². The normalized spacial score (nSPS) is 17.0. The molecule has 1 saturated heterocycles. The maximum atomic E-state index is 13.2. The molecule has 2 aliphatic rings. The van der Waals surface area contributed by atoms with E-state index in [9.17, 15) is 22.4 Å². The van der Waals surface area contributed by atoms with Gasteiger partial charge < -0.3 is 18.8 Å². The van der Waals surface area contributed by atoms with Crippen molar-refractivity contribution in [1.29, 1.82) is 0 Å². The van der Waals surface area contributed by atoms with Gasteiger partial charge in [-0.2, -0.15) is 9.30 Å². The number of amides is 1. The van der Waals surface area contributed by atoms with Gasteiger partial charge in [0.25, 0.3) is 5.91 Å². The Morgan fingerprint density at radius 3 is 2.47 bits per heavy atom. The third kappa shape index (κ3) is 4.61. The maximum absolute atomic E-state index is 13.2. The van der Waals surface area contributed by atoms with E-state index in [2.05, 4.69) is 4.99 Å². The van der Waals surface area contributed by atoms with Crippen molar-refractivity contribution in [2.75, 3.05) is 27.0 Å². The van der Waals surface area contributed by atoms with Crippen molar-refractivity contribution in [1.82, 2.24) is 8.87 Å². The number of carbonyl (C=O) groups excluding carboxylic acids is 2. The number of hydrogen-bond donors (Lipinski definition) is 0. The summed E-state index contributed by atoms with van der Waals surface area (Å²) in [6.45, 7) is 0.245. The number of esters is 1. The first-order valence-corrected chi connectivity index (χ1v) is 13.4. The number of aromatic nitrogens is 1. The minimum absolute atomic E-state index is 0.00680. The van der Waals surface area contributed by atoms with Gasteiger partial charge in [-0.3, -0.25) is 9.59 Å². The molecule has 2 aliphatic heterocycles. The van der Waals surface area contributed by atoms with Crippen molar-refractivity contribution in [3.05, 3.63) is 47.0 Å². The molecule has 10 nitrogen and oxygen atoms in total.